The standard InChI is InChI=1S/C22H26FN3O3/c1-2-10-25-11-12-26(20-14-17(23)8-9-19(20)25)15-21(27)24-18(22(28)29)13-16-6-4-3-5-7-16/h3-9,14,18H,2,10-13,15H2,1H3,(H,24,27)(H,28,29)/t18-/m0/s1. The summed E-state index contributed by atoms with van der Waals surface area (Å²) in [5, 5.41) is 12.1. The fourth-order valence-electron chi connectivity index (χ4n) is 3.63. The molecule has 0 fully saturated rings. The molecule has 0 aromatic heterocycles. The van der Waals surface area contributed by atoms with Gasteiger partial charge >= 0.3 is 5.97 Å². The molecule has 29 heavy (non-hydrogen) atoms. The van der Waals surface area contributed by atoms with Crippen LogP contribution in [0.15, 0.2) is 48.5 Å². The second kappa shape index (κ2) is 9.41. The maximum absolute atomic E-state index is 13.9. The van der Waals surface area contributed by atoms with Gasteiger partial charge in [0.15, 0.2) is 0 Å². The summed E-state index contributed by atoms with van der Waals surface area (Å²) < 4.78 is 13.9. The molecule has 2 aromatic carbocycles. The van der Waals surface area contributed by atoms with E-state index in [4.69, 9.17) is 0 Å². The third-order valence-corrected chi connectivity index (χ3v) is 5.00. The summed E-state index contributed by atoms with van der Waals surface area (Å²) >= 11 is 0. The SMILES string of the molecule is CCCN1CCN(CC(=O)N[C@@H](Cc2ccccc2)C(=O)O)c2cc(F)ccc21. The monoisotopic (exact) mass is 399 g/mol. The van der Waals surface area contributed by atoms with Crippen molar-refractivity contribution in [3.05, 3.63) is 59.9 Å². The van der Waals surface area contributed by atoms with Crippen LogP contribution in [-0.4, -0.2) is 49.2 Å². The number of rotatable bonds is 8. The van der Waals surface area contributed by atoms with Crippen molar-refractivity contribution in [2.24, 2.45) is 0 Å². The molecule has 0 saturated carbocycles. The Bertz CT molecular complexity index is 860. The number of carbonyl (C=O) groups excluding carboxylic acids is 1. The molecule has 154 valence electrons. The van der Waals surface area contributed by atoms with E-state index < -0.39 is 17.9 Å². The first-order valence-corrected chi connectivity index (χ1v) is 9.83. The first-order valence-electron chi connectivity index (χ1n) is 9.83. The molecule has 1 aliphatic heterocycles. The van der Waals surface area contributed by atoms with Gasteiger partial charge in [-0.25, -0.2) is 9.18 Å². The van der Waals surface area contributed by atoms with Crippen molar-refractivity contribution in [2.45, 2.75) is 25.8 Å². The summed E-state index contributed by atoms with van der Waals surface area (Å²) in [7, 11) is 0. The Morgan fingerprint density at radius 2 is 1.83 bits per heavy atom. The Balaban J connectivity index is 1.70. The predicted molar refractivity (Wildman–Crippen MR) is 111 cm³/mol. The van der Waals surface area contributed by atoms with Gasteiger partial charge in [-0.3, -0.25) is 4.79 Å². The molecule has 0 aliphatic carbocycles. The number of halogens is 1. The van der Waals surface area contributed by atoms with Crippen molar-refractivity contribution in [3.8, 4) is 0 Å². The lowest BCUT2D eigenvalue weighted by Gasteiger charge is -2.38. The van der Waals surface area contributed by atoms with Gasteiger partial charge < -0.3 is 20.2 Å². The van der Waals surface area contributed by atoms with Gasteiger partial charge in [0.25, 0.3) is 0 Å². The zero-order valence-corrected chi connectivity index (χ0v) is 16.5. The fraction of sp³-hybridized carbons (Fsp3) is 0.364. The normalized spacial score (nSPS) is 14.3. The second-order valence-electron chi connectivity index (χ2n) is 7.19. The van der Waals surface area contributed by atoms with Gasteiger partial charge in [-0.2, -0.15) is 0 Å². The molecule has 3 rings (SSSR count). The highest BCUT2D eigenvalue weighted by molar-refractivity contribution is 5.88. The van der Waals surface area contributed by atoms with Gasteiger partial charge in [-0.05, 0) is 30.2 Å². The topological polar surface area (TPSA) is 72.9 Å². The molecule has 2 aromatic rings. The minimum absolute atomic E-state index is 0.0189. The van der Waals surface area contributed by atoms with Gasteiger partial charge in [-0.1, -0.05) is 37.3 Å². The predicted octanol–water partition coefficient (Wildman–Crippen LogP) is 2.67. The minimum atomic E-state index is -1.08. The number of nitrogens with zero attached hydrogens (tertiary/aromatic N) is 2. The average Bonchev–Trinajstić information content (AvgIpc) is 2.70. The number of carboxylic acids is 1. The highest BCUT2D eigenvalue weighted by Crippen LogP contribution is 2.33. The zero-order chi connectivity index (χ0) is 20.8. The number of hydrogen-bond donors (Lipinski definition) is 2. The molecule has 2 N–H and O–H groups in total. The maximum Gasteiger partial charge on any atom is 0.326 e. The van der Waals surface area contributed by atoms with Crippen LogP contribution in [-0.2, 0) is 16.0 Å². The molecule has 0 unspecified atom stereocenters. The van der Waals surface area contributed by atoms with Crippen molar-refractivity contribution in [3.63, 3.8) is 0 Å². The molecule has 1 heterocycles. The van der Waals surface area contributed by atoms with E-state index in [2.05, 4.69) is 17.1 Å². The molecule has 0 bridgehead atoms. The van der Waals surface area contributed by atoms with Gasteiger partial charge in [0, 0.05) is 26.1 Å². The Morgan fingerprint density at radius 3 is 2.52 bits per heavy atom. The van der Waals surface area contributed by atoms with Crippen LogP contribution in [0.1, 0.15) is 18.9 Å². The van der Waals surface area contributed by atoms with Crippen LogP contribution in [0.2, 0.25) is 0 Å². The average molecular weight is 399 g/mol. The third kappa shape index (κ3) is 5.25. The van der Waals surface area contributed by atoms with Crippen LogP contribution >= 0.6 is 0 Å². The van der Waals surface area contributed by atoms with Gasteiger partial charge in [0.1, 0.15) is 11.9 Å². The molecule has 0 spiro atoms. The van der Waals surface area contributed by atoms with Crippen LogP contribution in [0.4, 0.5) is 15.8 Å². The molecule has 7 heteroatoms. The van der Waals surface area contributed by atoms with Crippen molar-refractivity contribution in [1.29, 1.82) is 0 Å². The van der Waals surface area contributed by atoms with E-state index >= 15 is 0 Å². The third-order valence-electron chi connectivity index (χ3n) is 5.00. The number of nitrogens with one attached hydrogen (secondary N) is 1. The van der Waals surface area contributed by atoms with Crippen molar-refractivity contribution in [2.75, 3.05) is 36.0 Å². The number of amides is 1. The Hall–Kier alpha value is -3.09. The van der Waals surface area contributed by atoms with Crippen LogP contribution < -0.4 is 15.1 Å². The molecule has 1 atom stereocenters. The number of fused-ring (bicyclic) bond motifs is 1. The molecule has 0 radical (unpaired) electrons. The van der Waals surface area contributed by atoms with E-state index in [1.807, 2.05) is 30.3 Å². The Kier molecular flexibility index (Phi) is 6.69. The molecular weight excluding hydrogens is 373 g/mol. The lowest BCUT2D eigenvalue weighted by Crippen LogP contribution is -2.49. The van der Waals surface area contributed by atoms with Gasteiger partial charge in [-0.15, -0.1) is 0 Å². The summed E-state index contributed by atoms with van der Waals surface area (Å²) in [6.45, 7) is 4.22. The van der Waals surface area contributed by atoms with Crippen LogP contribution in [0.25, 0.3) is 0 Å². The lowest BCUT2D eigenvalue weighted by molar-refractivity contribution is -0.141. The second-order valence-corrected chi connectivity index (χ2v) is 7.19. The fourth-order valence-corrected chi connectivity index (χ4v) is 3.63. The van der Waals surface area contributed by atoms with E-state index in [9.17, 15) is 19.1 Å². The first-order chi connectivity index (χ1) is 14.0. The minimum Gasteiger partial charge on any atom is -0.480 e. The lowest BCUT2D eigenvalue weighted by atomic mass is 10.1. The number of hydrogen-bond acceptors (Lipinski definition) is 4. The molecular formula is C22H26FN3O3. The Morgan fingerprint density at radius 1 is 1.10 bits per heavy atom. The summed E-state index contributed by atoms with van der Waals surface area (Å²) in [4.78, 5) is 28.2. The molecule has 1 aliphatic rings. The summed E-state index contributed by atoms with van der Waals surface area (Å²) in [5.74, 6) is -1.84. The number of aliphatic carboxylic acids is 1. The molecule has 1 amide bonds. The van der Waals surface area contributed by atoms with E-state index in [-0.39, 0.29) is 18.8 Å². The summed E-state index contributed by atoms with van der Waals surface area (Å²) in [6, 6.07) is 12.7. The first kappa shape index (κ1) is 20.6. The quantitative estimate of drug-likeness (QED) is 0.714. The van der Waals surface area contributed by atoms with E-state index in [0.717, 1.165) is 30.8 Å². The van der Waals surface area contributed by atoms with Crippen LogP contribution in [0.5, 0.6) is 0 Å². The highest BCUT2D eigenvalue weighted by Gasteiger charge is 2.26. The van der Waals surface area contributed by atoms with Gasteiger partial charge in [0.2, 0.25) is 5.91 Å². The number of anilines is 2. The smallest absolute Gasteiger partial charge is 0.326 e. The zero-order valence-electron chi connectivity index (χ0n) is 16.5. The van der Waals surface area contributed by atoms with Crippen LogP contribution in [0.3, 0.4) is 0 Å². The molecule has 6 nitrogen and oxygen atoms in total. The van der Waals surface area contributed by atoms with Crippen LogP contribution in [0, 0.1) is 5.82 Å². The van der Waals surface area contributed by atoms with Crippen molar-refractivity contribution < 1.29 is 19.1 Å². The summed E-state index contributed by atoms with van der Waals surface area (Å²) in [6.07, 6.45) is 1.18. The highest BCUT2D eigenvalue weighted by atomic mass is 19.1. The summed E-state index contributed by atoms with van der Waals surface area (Å²) in [5.41, 5.74) is 2.39. The maximum atomic E-state index is 13.9. The van der Waals surface area contributed by atoms with Crippen molar-refractivity contribution >= 4 is 23.3 Å². The van der Waals surface area contributed by atoms with Gasteiger partial charge in [0.05, 0.1) is 17.9 Å². The van der Waals surface area contributed by atoms with Crippen molar-refractivity contribution in [1.82, 2.24) is 5.32 Å². The largest absolute Gasteiger partial charge is 0.480 e. The van der Waals surface area contributed by atoms with E-state index in [0.29, 0.717) is 12.2 Å². The number of benzene rings is 2. The Labute approximate surface area is 169 Å². The van der Waals surface area contributed by atoms with E-state index in [1.54, 1.807) is 11.0 Å². The molecule has 0 saturated heterocycles. The van der Waals surface area contributed by atoms with E-state index in [1.165, 1.54) is 12.1 Å². The number of carbonyl (C=O) groups is 2. The number of carboxylic acid groups (broad SMARTS) is 1.